The number of nitrogens with one attached hydrogen (secondary N) is 2. The molecule has 0 bridgehead atoms. The smallest absolute Gasteiger partial charge is 0.230 e. The lowest BCUT2D eigenvalue weighted by Gasteiger charge is -2.37. The van der Waals surface area contributed by atoms with Gasteiger partial charge in [0.25, 0.3) is 0 Å². The van der Waals surface area contributed by atoms with Crippen LogP contribution in [0.4, 0.5) is 0 Å². The SMILES string of the molecule is CCC(CC)(C(=O)NCC1(C)CCNCC1)c1ccc(Cl)cc1. The predicted octanol–water partition coefficient (Wildman–Crippen LogP) is 3.90. The molecule has 0 aliphatic carbocycles. The van der Waals surface area contributed by atoms with Gasteiger partial charge in [-0.15, -0.1) is 0 Å². The molecule has 1 aromatic rings. The molecule has 1 heterocycles. The molecule has 1 amide bonds. The fourth-order valence-corrected chi connectivity index (χ4v) is 3.68. The first-order chi connectivity index (χ1) is 11.0. The van der Waals surface area contributed by atoms with E-state index in [0.717, 1.165) is 50.9 Å². The Morgan fingerprint density at radius 1 is 1.22 bits per heavy atom. The normalized spacial score (nSPS) is 17.7. The van der Waals surface area contributed by atoms with E-state index >= 15 is 0 Å². The molecule has 2 rings (SSSR count). The van der Waals surface area contributed by atoms with Crippen molar-refractivity contribution < 1.29 is 4.79 Å². The lowest BCUT2D eigenvalue weighted by molar-refractivity contribution is -0.127. The van der Waals surface area contributed by atoms with E-state index < -0.39 is 5.41 Å². The van der Waals surface area contributed by atoms with Crippen LogP contribution in [-0.2, 0) is 10.2 Å². The first kappa shape index (κ1) is 18.3. The van der Waals surface area contributed by atoms with Crippen molar-refractivity contribution >= 4 is 17.5 Å². The second kappa shape index (κ2) is 7.67. The number of rotatable bonds is 6. The van der Waals surface area contributed by atoms with Gasteiger partial charge in [0.15, 0.2) is 0 Å². The average Bonchev–Trinajstić information content (AvgIpc) is 2.57. The van der Waals surface area contributed by atoms with Gasteiger partial charge in [0.2, 0.25) is 5.91 Å². The summed E-state index contributed by atoms with van der Waals surface area (Å²) in [5.41, 5.74) is 0.794. The van der Waals surface area contributed by atoms with Gasteiger partial charge >= 0.3 is 0 Å². The summed E-state index contributed by atoms with van der Waals surface area (Å²) in [5, 5.41) is 7.34. The first-order valence-corrected chi connectivity index (χ1v) is 9.09. The molecule has 0 spiro atoms. The van der Waals surface area contributed by atoms with Gasteiger partial charge in [0, 0.05) is 11.6 Å². The van der Waals surface area contributed by atoms with Crippen LogP contribution in [0.25, 0.3) is 0 Å². The lowest BCUT2D eigenvalue weighted by Crippen LogP contribution is -2.49. The lowest BCUT2D eigenvalue weighted by atomic mass is 9.74. The molecular formula is C19H29ClN2O. The molecular weight excluding hydrogens is 308 g/mol. The van der Waals surface area contributed by atoms with Crippen molar-refractivity contribution in [3.63, 3.8) is 0 Å². The molecule has 1 aliphatic heterocycles. The fourth-order valence-electron chi connectivity index (χ4n) is 3.55. The third kappa shape index (κ3) is 4.07. The summed E-state index contributed by atoms with van der Waals surface area (Å²) in [6, 6.07) is 7.72. The molecule has 0 atom stereocenters. The third-order valence-corrected chi connectivity index (χ3v) is 5.78. The van der Waals surface area contributed by atoms with Crippen molar-refractivity contribution in [3.8, 4) is 0 Å². The second-order valence-corrected chi connectivity index (χ2v) is 7.48. The van der Waals surface area contributed by atoms with E-state index in [1.807, 2.05) is 24.3 Å². The van der Waals surface area contributed by atoms with Crippen LogP contribution in [0.1, 0.15) is 52.0 Å². The van der Waals surface area contributed by atoms with E-state index in [9.17, 15) is 4.79 Å². The van der Waals surface area contributed by atoms with E-state index in [0.29, 0.717) is 5.02 Å². The predicted molar refractivity (Wildman–Crippen MR) is 96.9 cm³/mol. The molecule has 3 nitrogen and oxygen atoms in total. The van der Waals surface area contributed by atoms with Gasteiger partial charge in [-0.05, 0) is 61.9 Å². The van der Waals surface area contributed by atoms with E-state index in [-0.39, 0.29) is 11.3 Å². The van der Waals surface area contributed by atoms with E-state index in [2.05, 4.69) is 31.4 Å². The van der Waals surface area contributed by atoms with Crippen LogP contribution < -0.4 is 10.6 Å². The summed E-state index contributed by atoms with van der Waals surface area (Å²) in [6.07, 6.45) is 3.80. The van der Waals surface area contributed by atoms with Crippen LogP contribution >= 0.6 is 11.6 Å². The van der Waals surface area contributed by atoms with Gasteiger partial charge in [-0.2, -0.15) is 0 Å². The van der Waals surface area contributed by atoms with E-state index in [1.165, 1.54) is 0 Å². The van der Waals surface area contributed by atoms with Crippen molar-refractivity contribution in [3.05, 3.63) is 34.9 Å². The number of piperidine rings is 1. The number of hydrogen-bond acceptors (Lipinski definition) is 2. The maximum atomic E-state index is 13.0. The highest BCUT2D eigenvalue weighted by Crippen LogP contribution is 2.34. The minimum absolute atomic E-state index is 0.143. The number of benzene rings is 1. The van der Waals surface area contributed by atoms with Gasteiger partial charge in [-0.1, -0.05) is 44.5 Å². The highest BCUT2D eigenvalue weighted by Gasteiger charge is 2.38. The number of halogens is 1. The number of carbonyl (C=O) groups is 1. The Kier molecular flexibility index (Phi) is 6.10. The maximum Gasteiger partial charge on any atom is 0.230 e. The summed E-state index contributed by atoms with van der Waals surface area (Å²) >= 11 is 6.00. The Morgan fingerprint density at radius 2 is 1.78 bits per heavy atom. The van der Waals surface area contributed by atoms with E-state index in [1.54, 1.807) is 0 Å². The van der Waals surface area contributed by atoms with Crippen molar-refractivity contribution in [2.45, 2.75) is 51.9 Å². The molecule has 1 aliphatic rings. The van der Waals surface area contributed by atoms with Gasteiger partial charge in [-0.3, -0.25) is 4.79 Å². The van der Waals surface area contributed by atoms with Gasteiger partial charge in [0.1, 0.15) is 0 Å². The monoisotopic (exact) mass is 336 g/mol. The van der Waals surface area contributed by atoms with Crippen LogP contribution in [0.2, 0.25) is 5.02 Å². The number of hydrogen-bond donors (Lipinski definition) is 2. The first-order valence-electron chi connectivity index (χ1n) is 8.71. The molecule has 1 saturated heterocycles. The van der Waals surface area contributed by atoms with Crippen molar-refractivity contribution in [2.24, 2.45) is 5.41 Å². The molecule has 0 radical (unpaired) electrons. The van der Waals surface area contributed by atoms with Crippen molar-refractivity contribution in [1.82, 2.24) is 10.6 Å². The summed E-state index contributed by atoms with van der Waals surface area (Å²) < 4.78 is 0. The topological polar surface area (TPSA) is 41.1 Å². The van der Waals surface area contributed by atoms with Crippen LogP contribution in [-0.4, -0.2) is 25.5 Å². The fraction of sp³-hybridized carbons (Fsp3) is 0.632. The summed E-state index contributed by atoms with van der Waals surface area (Å²) in [5.74, 6) is 0.143. The zero-order valence-electron chi connectivity index (χ0n) is 14.5. The Balaban J connectivity index is 2.13. The molecule has 23 heavy (non-hydrogen) atoms. The van der Waals surface area contributed by atoms with Crippen molar-refractivity contribution in [2.75, 3.05) is 19.6 Å². The average molecular weight is 337 g/mol. The van der Waals surface area contributed by atoms with Crippen molar-refractivity contribution in [1.29, 1.82) is 0 Å². The molecule has 128 valence electrons. The zero-order valence-corrected chi connectivity index (χ0v) is 15.3. The van der Waals surface area contributed by atoms with Crippen LogP contribution in [0.3, 0.4) is 0 Å². The Morgan fingerprint density at radius 3 is 2.30 bits per heavy atom. The maximum absolute atomic E-state index is 13.0. The Hall–Kier alpha value is -1.06. The number of amides is 1. The molecule has 0 unspecified atom stereocenters. The highest BCUT2D eigenvalue weighted by molar-refractivity contribution is 6.30. The molecule has 1 aromatic carbocycles. The van der Waals surface area contributed by atoms with Gasteiger partial charge in [0.05, 0.1) is 5.41 Å². The minimum atomic E-state index is -0.464. The molecule has 0 saturated carbocycles. The van der Waals surface area contributed by atoms with Gasteiger partial charge < -0.3 is 10.6 Å². The number of carbonyl (C=O) groups excluding carboxylic acids is 1. The molecule has 0 aromatic heterocycles. The largest absolute Gasteiger partial charge is 0.355 e. The summed E-state index contributed by atoms with van der Waals surface area (Å²) in [7, 11) is 0. The van der Waals surface area contributed by atoms with Crippen LogP contribution in [0.5, 0.6) is 0 Å². The van der Waals surface area contributed by atoms with E-state index in [4.69, 9.17) is 11.6 Å². The summed E-state index contributed by atoms with van der Waals surface area (Å²) in [4.78, 5) is 13.0. The standard InChI is InChI=1S/C19H29ClN2O/c1-4-19(5-2,15-6-8-16(20)9-7-15)17(23)22-14-18(3)10-12-21-13-11-18/h6-9,21H,4-5,10-14H2,1-3H3,(H,22,23). The minimum Gasteiger partial charge on any atom is -0.355 e. The third-order valence-electron chi connectivity index (χ3n) is 5.52. The van der Waals surface area contributed by atoms with Gasteiger partial charge in [-0.25, -0.2) is 0 Å². The quantitative estimate of drug-likeness (QED) is 0.827. The Labute approximate surface area is 145 Å². The van der Waals surface area contributed by atoms with Crippen LogP contribution in [0, 0.1) is 5.41 Å². The molecule has 2 N–H and O–H groups in total. The van der Waals surface area contributed by atoms with Crippen LogP contribution in [0.15, 0.2) is 24.3 Å². The molecule has 4 heteroatoms. The Bertz CT molecular complexity index is 517. The zero-order chi connectivity index (χ0) is 16.9. The molecule has 1 fully saturated rings. The highest BCUT2D eigenvalue weighted by atomic mass is 35.5. The summed E-state index contributed by atoms with van der Waals surface area (Å²) in [6.45, 7) is 9.28. The second-order valence-electron chi connectivity index (χ2n) is 7.04.